The summed E-state index contributed by atoms with van der Waals surface area (Å²) < 4.78 is 0. The van der Waals surface area contributed by atoms with Crippen molar-refractivity contribution < 1.29 is 0 Å². The smallest absolute Gasteiger partial charge is 0.0619 e. The molecule has 0 saturated heterocycles. The monoisotopic (exact) mass is 642 g/mol. The van der Waals surface area contributed by atoms with Crippen LogP contribution in [-0.2, 0) is 5.41 Å². The molecule has 0 radical (unpaired) electrons. The fraction of sp³-hybridized carbons (Fsp3) is 0.0196. The zero-order valence-electron chi connectivity index (χ0n) is 27.8. The van der Waals surface area contributed by atoms with Crippen LogP contribution >= 0.6 is 0 Å². The molecule has 0 amide bonds. The molecule has 0 N–H and O–H groups in total. The second kappa shape index (κ2) is 9.81. The van der Waals surface area contributed by atoms with Crippen LogP contribution in [-0.4, -0.2) is 0 Å². The van der Waals surface area contributed by atoms with Crippen molar-refractivity contribution in [1.29, 1.82) is 0 Å². The Morgan fingerprint density at radius 2 is 0.784 bits per heavy atom. The van der Waals surface area contributed by atoms with Crippen molar-refractivity contribution in [3.05, 3.63) is 204 Å². The van der Waals surface area contributed by atoms with Crippen molar-refractivity contribution in [3.8, 4) is 44.5 Å². The van der Waals surface area contributed by atoms with Gasteiger partial charge in [-0.25, -0.2) is 0 Å². The Labute approximate surface area is 296 Å². The Kier molecular flexibility index (Phi) is 5.26. The predicted octanol–water partition coefficient (Wildman–Crippen LogP) is 13.4. The Morgan fingerprint density at radius 1 is 0.294 bits per heavy atom. The van der Waals surface area contributed by atoms with E-state index in [1.165, 1.54) is 110 Å². The summed E-state index contributed by atoms with van der Waals surface area (Å²) in [5.41, 5.74) is 15.6. The SMILES string of the molecule is c1ccc2c(c1)-c1ccccc1C21c2ccccc2-c2c1c1cccc3c(-c4ccc(-c5cccc6ccccc56)cc4)cc4cccc2c4c31. The third-order valence-corrected chi connectivity index (χ3v) is 12.0. The van der Waals surface area contributed by atoms with Crippen molar-refractivity contribution in [2.45, 2.75) is 5.41 Å². The van der Waals surface area contributed by atoms with Gasteiger partial charge < -0.3 is 0 Å². The molecular weight excluding hydrogens is 613 g/mol. The number of fused-ring (bicyclic) bond motifs is 13. The van der Waals surface area contributed by atoms with Crippen LogP contribution in [0.25, 0.3) is 87.6 Å². The van der Waals surface area contributed by atoms with Gasteiger partial charge in [0.05, 0.1) is 5.41 Å². The average molecular weight is 643 g/mol. The van der Waals surface area contributed by atoms with E-state index in [2.05, 4.69) is 182 Å². The summed E-state index contributed by atoms with van der Waals surface area (Å²) in [5, 5.41) is 10.6. The van der Waals surface area contributed by atoms with Gasteiger partial charge in [0.25, 0.3) is 0 Å². The summed E-state index contributed by atoms with van der Waals surface area (Å²) in [4.78, 5) is 0. The van der Waals surface area contributed by atoms with Gasteiger partial charge in [-0.05, 0) is 116 Å². The first-order chi connectivity index (χ1) is 25.3. The summed E-state index contributed by atoms with van der Waals surface area (Å²) in [7, 11) is 0. The minimum Gasteiger partial charge on any atom is -0.0619 e. The molecule has 1 spiro atoms. The maximum Gasteiger partial charge on any atom is 0.0731 e. The predicted molar refractivity (Wildman–Crippen MR) is 215 cm³/mol. The maximum atomic E-state index is 2.43. The fourth-order valence-corrected chi connectivity index (χ4v) is 10.1. The van der Waals surface area contributed by atoms with E-state index in [1.54, 1.807) is 0 Å². The van der Waals surface area contributed by atoms with Gasteiger partial charge in [0.1, 0.15) is 0 Å². The third kappa shape index (κ3) is 3.35. The third-order valence-electron chi connectivity index (χ3n) is 12.0. The Morgan fingerprint density at radius 3 is 1.55 bits per heavy atom. The highest BCUT2D eigenvalue weighted by molar-refractivity contribution is 6.31. The molecule has 10 aromatic rings. The molecule has 0 fully saturated rings. The molecule has 12 rings (SSSR count). The molecule has 234 valence electrons. The molecule has 0 aliphatic heterocycles. The van der Waals surface area contributed by atoms with E-state index < -0.39 is 5.41 Å². The first-order valence-corrected chi connectivity index (χ1v) is 17.9. The van der Waals surface area contributed by atoms with E-state index in [-0.39, 0.29) is 0 Å². The molecule has 2 aliphatic carbocycles. The molecule has 0 aromatic heterocycles. The molecule has 10 aromatic carbocycles. The topological polar surface area (TPSA) is 0 Å². The number of hydrogen-bond donors (Lipinski definition) is 0. The Bertz CT molecular complexity index is 3020. The van der Waals surface area contributed by atoms with Crippen LogP contribution in [0.4, 0.5) is 0 Å². The van der Waals surface area contributed by atoms with Gasteiger partial charge in [-0.15, -0.1) is 0 Å². The second-order valence-electron chi connectivity index (χ2n) is 14.3. The van der Waals surface area contributed by atoms with Gasteiger partial charge in [-0.3, -0.25) is 0 Å². The lowest BCUT2D eigenvalue weighted by molar-refractivity contribution is 0.802. The van der Waals surface area contributed by atoms with Gasteiger partial charge in [0.2, 0.25) is 0 Å². The normalized spacial score (nSPS) is 13.6. The first kappa shape index (κ1) is 27.3. The summed E-state index contributed by atoms with van der Waals surface area (Å²) in [5.74, 6) is 0. The number of benzene rings is 10. The van der Waals surface area contributed by atoms with E-state index in [4.69, 9.17) is 0 Å². The minimum atomic E-state index is -0.399. The zero-order valence-corrected chi connectivity index (χ0v) is 27.8. The minimum absolute atomic E-state index is 0.399. The van der Waals surface area contributed by atoms with Crippen LogP contribution in [0.15, 0.2) is 182 Å². The molecule has 0 bridgehead atoms. The van der Waals surface area contributed by atoms with Gasteiger partial charge in [0.15, 0.2) is 0 Å². The van der Waals surface area contributed by atoms with Crippen molar-refractivity contribution in [2.75, 3.05) is 0 Å². The molecule has 51 heavy (non-hydrogen) atoms. The zero-order chi connectivity index (χ0) is 33.3. The van der Waals surface area contributed by atoms with Crippen LogP contribution in [0, 0.1) is 0 Å². The summed E-state index contributed by atoms with van der Waals surface area (Å²) >= 11 is 0. The summed E-state index contributed by atoms with van der Waals surface area (Å²) in [6.45, 7) is 0. The van der Waals surface area contributed by atoms with E-state index in [9.17, 15) is 0 Å². The molecule has 2 aliphatic rings. The highest BCUT2D eigenvalue weighted by Gasteiger charge is 2.53. The number of hydrogen-bond acceptors (Lipinski definition) is 0. The molecule has 0 nitrogen and oxygen atoms in total. The lowest BCUT2D eigenvalue weighted by Crippen LogP contribution is -2.26. The lowest BCUT2D eigenvalue weighted by atomic mass is 9.68. The van der Waals surface area contributed by atoms with Crippen LogP contribution in [0.5, 0.6) is 0 Å². The van der Waals surface area contributed by atoms with Crippen LogP contribution in [0.1, 0.15) is 22.3 Å². The van der Waals surface area contributed by atoms with Crippen molar-refractivity contribution in [2.24, 2.45) is 0 Å². The van der Waals surface area contributed by atoms with Gasteiger partial charge >= 0.3 is 0 Å². The molecule has 0 unspecified atom stereocenters. The molecule has 0 heteroatoms. The van der Waals surface area contributed by atoms with Crippen molar-refractivity contribution in [3.63, 3.8) is 0 Å². The Balaban J connectivity index is 1.18. The van der Waals surface area contributed by atoms with E-state index in [0.29, 0.717) is 0 Å². The van der Waals surface area contributed by atoms with Crippen molar-refractivity contribution >= 4 is 43.1 Å². The van der Waals surface area contributed by atoms with Crippen molar-refractivity contribution in [1.82, 2.24) is 0 Å². The average Bonchev–Trinajstić information content (AvgIpc) is 3.68. The van der Waals surface area contributed by atoms with Gasteiger partial charge in [-0.1, -0.05) is 176 Å². The van der Waals surface area contributed by atoms with E-state index in [0.717, 1.165) is 0 Å². The maximum absolute atomic E-state index is 2.43. The largest absolute Gasteiger partial charge is 0.0731 e. The van der Waals surface area contributed by atoms with Crippen LogP contribution in [0.3, 0.4) is 0 Å². The van der Waals surface area contributed by atoms with E-state index in [1.807, 2.05) is 0 Å². The van der Waals surface area contributed by atoms with Gasteiger partial charge in [0, 0.05) is 0 Å². The van der Waals surface area contributed by atoms with E-state index >= 15 is 0 Å². The molecule has 0 atom stereocenters. The summed E-state index contributed by atoms with van der Waals surface area (Å²) in [6.07, 6.45) is 0. The fourth-order valence-electron chi connectivity index (χ4n) is 10.1. The highest BCUT2D eigenvalue weighted by Crippen LogP contribution is 2.66. The highest BCUT2D eigenvalue weighted by atomic mass is 14.5. The number of rotatable bonds is 2. The second-order valence-corrected chi connectivity index (χ2v) is 14.3. The lowest BCUT2D eigenvalue weighted by Gasteiger charge is -2.32. The van der Waals surface area contributed by atoms with Crippen LogP contribution < -0.4 is 0 Å². The first-order valence-electron chi connectivity index (χ1n) is 17.9. The summed E-state index contributed by atoms with van der Waals surface area (Å²) in [6, 6.07) is 68.4. The standard InChI is InChI=1S/C51H30/c1-2-15-35-31(12-1)13-9-19-36(35)32-26-28-33(29-27-32)43-30-34-14-10-21-41-47(34)48-39(43)20-11-22-42(48)50-49(41)40-18-5-8-25-46(40)51(50)44-23-6-3-16-37(44)38-17-4-7-24-45(38)51/h1-30H. The molecule has 0 saturated carbocycles. The molecular formula is C51H30. The Hall–Kier alpha value is -6.50. The van der Waals surface area contributed by atoms with Crippen LogP contribution in [0.2, 0.25) is 0 Å². The molecule has 0 heterocycles. The quantitative estimate of drug-likeness (QED) is 0.165. The van der Waals surface area contributed by atoms with Gasteiger partial charge in [-0.2, -0.15) is 0 Å².